The number of carboxylic acids is 1. The number of amides is 2. The van der Waals surface area contributed by atoms with E-state index in [0.29, 0.717) is 11.3 Å². The molecule has 124 valence electrons. The summed E-state index contributed by atoms with van der Waals surface area (Å²) < 4.78 is 0. The third-order valence-electron chi connectivity index (χ3n) is 4.25. The molecule has 1 fully saturated rings. The van der Waals surface area contributed by atoms with Gasteiger partial charge in [0, 0.05) is 12.6 Å². The zero-order valence-electron chi connectivity index (χ0n) is 13.4. The van der Waals surface area contributed by atoms with Crippen LogP contribution in [0.2, 0.25) is 0 Å². The second kappa shape index (κ2) is 7.26. The normalized spacial score (nSPS) is 15.9. The van der Waals surface area contributed by atoms with Gasteiger partial charge in [-0.3, -0.25) is 9.59 Å². The fourth-order valence-corrected chi connectivity index (χ4v) is 3.06. The van der Waals surface area contributed by atoms with Gasteiger partial charge in [-0.2, -0.15) is 0 Å². The van der Waals surface area contributed by atoms with Crippen molar-refractivity contribution in [2.24, 2.45) is 5.92 Å². The van der Waals surface area contributed by atoms with Crippen molar-refractivity contribution in [2.45, 2.75) is 45.6 Å². The Morgan fingerprint density at radius 3 is 2.43 bits per heavy atom. The summed E-state index contributed by atoms with van der Waals surface area (Å²) in [5, 5.41) is 14.6. The molecule has 0 bridgehead atoms. The number of aryl methyl sites for hydroxylation is 1. The summed E-state index contributed by atoms with van der Waals surface area (Å²) in [6.07, 6.45) is 3.93. The van der Waals surface area contributed by atoms with Crippen LogP contribution in [0.25, 0.3) is 0 Å². The molecule has 0 radical (unpaired) electrons. The molecule has 23 heavy (non-hydrogen) atoms. The molecule has 0 aromatic heterocycles. The third-order valence-corrected chi connectivity index (χ3v) is 4.25. The van der Waals surface area contributed by atoms with E-state index in [1.807, 2.05) is 0 Å². The molecule has 1 atom stereocenters. The Morgan fingerprint density at radius 1 is 1.22 bits per heavy atom. The number of carbonyl (C=O) groups is 3. The molecule has 2 rings (SSSR count). The predicted octanol–water partition coefficient (Wildman–Crippen LogP) is 2.33. The maximum atomic E-state index is 12.5. The van der Waals surface area contributed by atoms with Crippen molar-refractivity contribution in [1.82, 2.24) is 5.32 Å². The van der Waals surface area contributed by atoms with Crippen molar-refractivity contribution in [3.8, 4) is 0 Å². The smallest absolute Gasteiger partial charge is 0.336 e. The van der Waals surface area contributed by atoms with Crippen LogP contribution in [0.1, 0.15) is 48.5 Å². The minimum absolute atomic E-state index is 0.128. The number of carboxylic acid groups (broad SMARTS) is 1. The highest BCUT2D eigenvalue weighted by atomic mass is 16.4. The minimum Gasteiger partial charge on any atom is -0.478 e. The van der Waals surface area contributed by atoms with E-state index >= 15 is 0 Å². The lowest BCUT2D eigenvalue weighted by molar-refractivity contribution is -0.126. The lowest BCUT2D eigenvalue weighted by atomic mass is 9.97. The van der Waals surface area contributed by atoms with Crippen LogP contribution < -0.4 is 10.6 Å². The maximum absolute atomic E-state index is 12.5. The molecule has 0 heterocycles. The first-order valence-electron chi connectivity index (χ1n) is 7.80. The van der Waals surface area contributed by atoms with Crippen molar-refractivity contribution < 1.29 is 19.5 Å². The lowest BCUT2D eigenvalue weighted by Crippen LogP contribution is -2.47. The molecule has 1 saturated carbocycles. The van der Waals surface area contributed by atoms with E-state index in [2.05, 4.69) is 10.6 Å². The SMILES string of the molecule is CC(=O)NC(C(=O)Nc1ccc(C)c(C(=O)O)c1)C1CCCC1. The van der Waals surface area contributed by atoms with Gasteiger partial charge in [0.05, 0.1) is 5.56 Å². The number of hydrogen-bond donors (Lipinski definition) is 3. The highest BCUT2D eigenvalue weighted by Crippen LogP contribution is 2.28. The number of benzene rings is 1. The molecule has 1 aromatic rings. The Labute approximate surface area is 135 Å². The highest BCUT2D eigenvalue weighted by Gasteiger charge is 2.31. The molecule has 1 aliphatic rings. The van der Waals surface area contributed by atoms with Crippen molar-refractivity contribution in [3.63, 3.8) is 0 Å². The third kappa shape index (κ3) is 4.31. The molecular weight excluding hydrogens is 296 g/mol. The molecule has 6 nitrogen and oxygen atoms in total. The monoisotopic (exact) mass is 318 g/mol. The highest BCUT2D eigenvalue weighted by molar-refractivity contribution is 5.98. The van der Waals surface area contributed by atoms with Crippen molar-refractivity contribution in [1.29, 1.82) is 0 Å². The minimum atomic E-state index is -1.03. The van der Waals surface area contributed by atoms with E-state index in [4.69, 9.17) is 5.11 Å². The van der Waals surface area contributed by atoms with Gasteiger partial charge in [-0.25, -0.2) is 4.79 Å². The van der Waals surface area contributed by atoms with Gasteiger partial charge in [0.2, 0.25) is 11.8 Å². The number of anilines is 1. The largest absolute Gasteiger partial charge is 0.478 e. The molecule has 0 spiro atoms. The van der Waals surface area contributed by atoms with Gasteiger partial charge in [0.25, 0.3) is 0 Å². The summed E-state index contributed by atoms with van der Waals surface area (Å²) in [4.78, 5) is 35.1. The topological polar surface area (TPSA) is 95.5 Å². The number of aromatic carboxylic acids is 1. The Kier molecular flexibility index (Phi) is 5.36. The standard InChI is InChI=1S/C17H22N2O4/c1-10-7-8-13(9-14(10)17(22)23)19-16(21)15(18-11(2)20)12-5-3-4-6-12/h7-9,12,15H,3-6H2,1-2H3,(H,18,20)(H,19,21)(H,22,23). The van der Waals surface area contributed by atoms with Crippen molar-refractivity contribution >= 4 is 23.5 Å². The first-order valence-corrected chi connectivity index (χ1v) is 7.80. The van der Waals surface area contributed by atoms with E-state index in [1.54, 1.807) is 19.1 Å². The van der Waals surface area contributed by atoms with Crippen LogP contribution in [0.15, 0.2) is 18.2 Å². The van der Waals surface area contributed by atoms with E-state index in [0.717, 1.165) is 25.7 Å². The van der Waals surface area contributed by atoms with E-state index in [9.17, 15) is 14.4 Å². The molecule has 3 N–H and O–H groups in total. The molecule has 0 saturated heterocycles. The maximum Gasteiger partial charge on any atom is 0.336 e. The Balaban J connectivity index is 2.16. The molecule has 6 heteroatoms. The molecule has 0 aliphatic heterocycles. The fraction of sp³-hybridized carbons (Fsp3) is 0.471. The Hall–Kier alpha value is -2.37. The van der Waals surface area contributed by atoms with Crippen molar-refractivity contribution in [2.75, 3.05) is 5.32 Å². The van der Waals surface area contributed by atoms with E-state index in [1.165, 1.54) is 13.0 Å². The molecule has 2 amide bonds. The Bertz CT molecular complexity index is 621. The van der Waals surface area contributed by atoms with Gasteiger partial charge in [-0.05, 0) is 43.4 Å². The van der Waals surface area contributed by atoms with Crippen LogP contribution in [0.3, 0.4) is 0 Å². The predicted molar refractivity (Wildman–Crippen MR) is 86.3 cm³/mol. The number of hydrogen-bond acceptors (Lipinski definition) is 3. The zero-order valence-corrected chi connectivity index (χ0v) is 13.4. The van der Waals surface area contributed by atoms with Gasteiger partial charge >= 0.3 is 5.97 Å². The van der Waals surface area contributed by atoms with Gasteiger partial charge in [-0.1, -0.05) is 18.9 Å². The van der Waals surface area contributed by atoms with Gasteiger partial charge < -0.3 is 15.7 Å². The summed E-state index contributed by atoms with van der Waals surface area (Å²) in [5.41, 5.74) is 1.20. The average molecular weight is 318 g/mol. The summed E-state index contributed by atoms with van der Waals surface area (Å²) >= 11 is 0. The summed E-state index contributed by atoms with van der Waals surface area (Å²) in [5.74, 6) is -1.45. The van der Waals surface area contributed by atoms with Crippen LogP contribution in [0.4, 0.5) is 5.69 Å². The van der Waals surface area contributed by atoms with Crippen LogP contribution in [0, 0.1) is 12.8 Å². The Morgan fingerprint density at radius 2 is 1.87 bits per heavy atom. The first-order chi connectivity index (χ1) is 10.9. The van der Waals surface area contributed by atoms with Crippen molar-refractivity contribution in [3.05, 3.63) is 29.3 Å². The summed E-state index contributed by atoms with van der Waals surface area (Å²) in [6, 6.07) is 4.18. The van der Waals surface area contributed by atoms with E-state index in [-0.39, 0.29) is 23.3 Å². The second-order valence-corrected chi connectivity index (χ2v) is 6.05. The quantitative estimate of drug-likeness (QED) is 0.776. The molecule has 1 aliphatic carbocycles. The average Bonchev–Trinajstić information content (AvgIpc) is 3.00. The molecule has 1 unspecified atom stereocenters. The first kappa shape index (κ1) is 17.0. The van der Waals surface area contributed by atoms with Crippen LogP contribution in [-0.4, -0.2) is 28.9 Å². The molecule has 1 aromatic carbocycles. The zero-order chi connectivity index (χ0) is 17.0. The van der Waals surface area contributed by atoms with Gasteiger partial charge in [0.1, 0.15) is 6.04 Å². The van der Waals surface area contributed by atoms with Gasteiger partial charge in [-0.15, -0.1) is 0 Å². The van der Waals surface area contributed by atoms with Gasteiger partial charge in [0.15, 0.2) is 0 Å². The fourth-order valence-electron chi connectivity index (χ4n) is 3.06. The summed E-state index contributed by atoms with van der Waals surface area (Å²) in [6.45, 7) is 3.09. The molecular formula is C17H22N2O4. The van der Waals surface area contributed by atoms with Crippen LogP contribution in [-0.2, 0) is 9.59 Å². The number of nitrogens with one attached hydrogen (secondary N) is 2. The number of carbonyl (C=O) groups excluding carboxylic acids is 2. The lowest BCUT2D eigenvalue weighted by Gasteiger charge is -2.23. The van der Waals surface area contributed by atoms with E-state index < -0.39 is 12.0 Å². The second-order valence-electron chi connectivity index (χ2n) is 6.05. The van der Waals surface area contributed by atoms with Crippen LogP contribution in [0.5, 0.6) is 0 Å². The van der Waals surface area contributed by atoms with Crippen LogP contribution >= 0.6 is 0 Å². The number of rotatable bonds is 5. The summed E-state index contributed by atoms with van der Waals surface area (Å²) in [7, 11) is 0.